The topological polar surface area (TPSA) is 75.3 Å². The fourth-order valence-electron chi connectivity index (χ4n) is 4.01. The van der Waals surface area contributed by atoms with Gasteiger partial charge in [-0.25, -0.2) is 12.8 Å². The lowest BCUT2D eigenvalue weighted by molar-refractivity contribution is -0.120. The van der Waals surface area contributed by atoms with E-state index in [0.717, 1.165) is 12.8 Å². The summed E-state index contributed by atoms with van der Waals surface area (Å²) < 4.78 is 41.0. The second kappa shape index (κ2) is 7.05. The van der Waals surface area contributed by atoms with E-state index in [4.69, 9.17) is 0 Å². The van der Waals surface area contributed by atoms with E-state index in [1.807, 2.05) is 0 Å². The van der Waals surface area contributed by atoms with E-state index in [9.17, 15) is 17.6 Å². The second-order valence-electron chi connectivity index (χ2n) is 7.47. The molecular formula is C21H21FN2O3S. The number of hydrogen-bond donors (Lipinski definition) is 2. The Hall–Kier alpha value is -2.67. The van der Waals surface area contributed by atoms with Crippen LogP contribution in [0.2, 0.25) is 0 Å². The van der Waals surface area contributed by atoms with Crippen LogP contribution in [0.5, 0.6) is 0 Å². The molecule has 2 aromatic rings. The number of fused-ring (bicyclic) bond motifs is 2. The molecule has 2 bridgehead atoms. The molecular weight excluding hydrogens is 379 g/mol. The fraction of sp³-hybridized carbons (Fsp3) is 0.286. The molecule has 0 radical (unpaired) electrons. The van der Waals surface area contributed by atoms with Gasteiger partial charge in [0.05, 0.1) is 4.90 Å². The highest BCUT2D eigenvalue weighted by molar-refractivity contribution is 7.92. The van der Waals surface area contributed by atoms with E-state index in [0.29, 0.717) is 17.2 Å². The summed E-state index contributed by atoms with van der Waals surface area (Å²) in [7, 11) is -3.88. The molecule has 0 aromatic heterocycles. The minimum Gasteiger partial charge on any atom is -0.326 e. The normalized spacial score (nSPS) is 23.0. The number of amides is 1. The number of halogens is 1. The molecule has 2 aliphatic rings. The molecule has 146 valence electrons. The van der Waals surface area contributed by atoms with Crippen molar-refractivity contribution in [3.8, 4) is 0 Å². The summed E-state index contributed by atoms with van der Waals surface area (Å²) in [5, 5.41) is 2.87. The minimum absolute atomic E-state index is 0.0614. The maximum Gasteiger partial charge on any atom is 0.262 e. The molecule has 1 saturated carbocycles. The van der Waals surface area contributed by atoms with Gasteiger partial charge in [0.1, 0.15) is 5.82 Å². The maximum absolute atomic E-state index is 13.0. The number of hydrogen-bond acceptors (Lipinski definition) is 3. The van der Waals surface area contributed by atoms with Crippen molar-refractivity contribution in [2.24, 2.45) is 17.8 Å². The van der Waals surface area contributed by atoms with Crippen molar-refractivity contribution >= 4 is 27.3 Å². The number of carbonyl (C=O) groups excluding carboxylic acids is 1. The van der Waals surface area contributed by atoms with Crippen LogP contribution in [-0.4, -0.2) is 14.3 Å². The molecule has 1 amide bonds. The first-order valence-corrected chi connectivity index (χ1v) is 10.7. The Labute approximate surface area is 163 Å². The molecule has 28 heavy (non-hydrogen) atoms. The molecule has 7 heteroatoms. The molecule has 4 rings (SSSR count). The lowest BCUT2D eigenvalue weighted by Gasteiger charge is -2.18. The van der Waals surface area contributed by atoms with Gasteiger partial charge < -0.3 is 5.32 Å². The number of nitrogens with one attached hydrogen (secondary N) is 2. The molecule has 0 heterocycles. The summed E-state index contributed by atoms with van der Waals surface area (Å²) in [6, 6.07) is 9.91. The van der Waals surface area contributed by atoms with Crippen molar-refractivity contribution in [1.29, 1.82) is 0 Å². The average Bonchev–Trinajstić information content (AvgIpc) is 3.28. The first-order chi connectivity index (χ1) is 13.3. The number of sulfonamides is 1. The van der Waals surface area contributed by atoms with Gasteiger partial charge in [0.25, 0.3) is 10.0 Å². The number of anilines is 2. The summed E-state index contributed by atoms with van der Waals surface area (Å²) in [4.78, 5) is 12.7. The first-order valence-electron chi connectivity index (χ1n) is 9.20. The molecule has 2 aliphatic carbocycles. The van der Waals surface area contributed by atoms with Crippen LogP contribution in [0.25, 0.3) is 0 Å². The van der Waals surface area contributed by atoms with Crippen molar-refractivity contribution in [2.45, 2.75) is 24.7 Å². The Morgan fingerprint density at radius 1 is 1.04 bits per heavy atom. The number of benzene rings is 2. The molecule has 0 saturated heterocycles. The summed E-state index contributed by atoms with van der Waals surface area (Å²) in [5.74, 6) is 0.178. The Bertz CT molecular complexity index is 1050. The lowest BCUT2D eigenvalue weighted by atomic mass is 9.93. The molecule has 1 fully saturated rings. The van der Waals surface area contributed by atoms with Crippen molar-refractivity contribution in [3.05, 3.63) is 66.0 Å². The molecule has 2 aromatic carbocycles. The summed E-state index contributed by atoms with van der Waals surface area (Å²) >= 11 is 0. The van der Waals surface area contributed by atoms with Gasteiger partial charge in [-0.1, -0.05) is 18.2 Å². The van der Waals surface area contributed by atoms with Crippen LogP contribution in [0.15, 0.2) is 59.5 Å². The Kier molecular flexibility index (Phi) is 4.71. The van der Waals surface area contributed by atoms with Crippen molar-refractivity contribution in [1.82, 2.24) is 0 Å². The monoisotopic (exact) mass is 400 g/mol. The molecule has 5 nitrogen and oxygen atoms in total. The van der Waals surface area contributed by atoms with E-state index >= 15 is 0 Å². The van der Waals surface area contributed by atoms with Crippen LogP contribution in [-0.2, 0) is 14.8 Å². The van der Waals surface area contributed by atoms with Crippen LogP contribution < -0.4 is 10.0 Å². The van der Waals surface area contributed by atoms with Gasteiger partial charge in [0.15, 0.2) is 0 Å². The van der Waals surface area contributed by atoms with Crippen LogP contribution in [0, 0.1) is 30.5 Å². The van der Waals surface area contributed by atoms with Crippen LogP contribution in [0.4, 0.5) is 15.8 Å². The highest BCUT2D eigenvalue weighted by Crippen LogP contribution is 2.43. The third-order valence-corrected chi connectivity index (χ3v) is 6.98. The zero-order chi connectivity index (χ0) is 19.9. The lowest BCUT2D eigenvalue weighted by Crippen LogP contribution is -2.26. The summed E-state index contributed by atoms with van der Waals surface area (Å²) in [5.41, 5.74) is 1.27. The highest BCUT2D eigenvalue weighted by Gasteiger charge is 2.39. The average molecular weight is 400 g/mol. The van der Waals surface area contributed by atoms with Crippen molar-refractivity contribution < 1.29 is 17.6 Å². The largest absolute Gasteiger partial charge is 0.326 e. The minimum atomic E-state index is -3.88. The van der Waals surface area contributed by atoms with Crippen LogP contribution in [0.3, 0.4) is 0 Å². The molecule has 2 N–H and O–H groups in total. The molecule has 0 unspecified atom stereocenters. The van der Waals surface area contributed by atoms with E-state index < -0.39 is 15.8 Å². The van der Waals surface area contributed by atoms with Gasteiger partial charge in [0.2, 0.25) is 5.91 Å². The van der Waals surface area contributed by atoms with Crippen molar-refractivity contribution in [2.75, 3.05) is 10.0 Å². The third kappa shape index (κ3) is 3.67. The standard InChI is InChI=1S/C21H21FN2O3S/c1-13-2-7-18(23-21(25)19-11-14-3-4-15(19)10-14)12-20(13)28(26,27)24-17-8-5-16(22)6-9-17/h2-9,12,14-15,19,24H,10-11H2,1H3,(H,23,25)/t14-,15-,19+/m0/s1. The van der Waals surface area contributed by atoms with Crippen molar-refractivity contribution in [3.63, 3.8) is 0 Å². The molecule has 3 atom stereocenters. The van der Waals surface area contributed by atoms with E-state index in [-0.39, 0.29) is 28.3 Å². The quantitative estimate of drug-likeness (QED) is 0.743. The molecule has 0 aliphatic heterocycles. The Morgan fingerprint density at radius 3 is 2.39 bits per heavy atom. The smallest absolute Gasteiger partial charge is 0.262 e. The van der Waals surface area contributed by atoms with Gasteiger partial charge in [-0.3, -0.25) is 9.52 Å². The third-order valence-electron chi connectivity index (χ3n) is 5.46. The predicted molar refractivity (Wildman–Crippen MR) is 106 cm³/mol. The first kappa shape index (κ1) is 18.7. The SMILES string of the molecule is Cc1ccc(NC(=O)[C@@H]2C[C@H]3C=C[C@H]2C3)cc1S(=O)(=O)Nc1ccc(F)cc1. The van der Waals surface area contributed by atoms with E-state index in [1.54, 1.807) is 19.1 Å². The van der Waals surface area contributed by atoms with Gasteiger partial charge in [-0.2, -0.15) is 0 Å². The zero-order valence-corrected chi connectivity index (χ0v) is 16.2. The van der Waals surface area contributed by atoms with Gasteiger partial charge in [0, 0.05) is 17.3 Å². The van der Waals surface area contributed by atoms with Crippen LogP contribution >= 0.6 is 0 Å². The Balaban J connectivity index is 1.54. The Morgan fingerprint density at radius 2 is 1.75 bits per heavy atom. The van der Waals surface area contributed by atoms with Crippen LogP contribution in [0.1, 0.15) is 18.4 Å². The van der Waals surface area contributed by atoms with Gasteiger partial charge in [-0.05, 0) is 73.6 Å². The second-order valence-corrected chi connectivity index (χ2v) is 9.12. The van der Waals surface area contributed by atoms with E-state index in [2.05, 4.69) is 22.2 Å². The van der Waals surface area contributed by atoms with Gasteiger partial charge >= 0.3 is 0 Å². The van der Waals surface area contributed by atoms with Gasteiger partial charge in [-0.15, -0.1) is 0 Å². The maximum atomic E-state index is 13.0. The zero-order valence-electron chi connectivity index (χ0n) is 15.4. The highest BCUT2D eigenvalue weighted by atomic mass is 32.2. The fourth-order valence-corrected chi connectivity index (χ4v) is 5.34. The molecule has 0 spiro atoms. The van der Waals surface area contributed by atoms with E-state index in [1.165, 1.54) is 30.3 Å². The predicted octanol–water partition coefficient (Wildman–Crippen LogP) is 4.09. The number of aryl methyl sites for hydroxylation is 1. The number of allylic oxidation sites excluding steroid dienone is 2. The number of carbonyl (C=O) groups is 1. The summed E-state index contributed by atoms with van der Waals surface area (Å²) in [6.45, 7) is 1.69. The number of rotatable bonds is 5. The summed E-state index contributed by atoms with van der Waals surface area (Å²) in [6.07, 6.45) is 6.14.